The summed E-state index contributed by atoms with van der Waals surface area (Å²) in [4.78, 5) is 47.8. The Morgan fingerprint density at radius 3 is 2.14 bits per heavy atom. The van der Waals surface area contributed by atoms with Gasteiger partial charge in [-0.3, -0.25) is 14.4 Å². The number of ether oxygens (including phenoxy) is 1. The Bertz CT molecular complexity index is 1220. The molecule has 0 bridgehead atoms. The van der Waals surface area contributed by atoms with Gasteiger partial charge in [-0.1, -0.05) is 19.1 Å². The number of carboxylic acid groups (broad SMARTS) is 1. The van der Waals surface area contributed by atoms with Crippen LogP contribution in [0.5, 0.6) is 5.75 Å². The number of carbonyl (C=O) groups excluding carboxylic acids is 3. The first-order chi connectivity index (χ1) is 17.4. The van der Waals surface area contributed by atoms with Gasteiger partial charge >= 0.3 is 5.97 Å². The molecule has 0 atom stereocenters. The van der Waals surface area contributed by atoms with Gasteiger partial charge in [0.1, 0.15) is 5.75 Å². The molecular formula is C28H28N2O6. The van der Waals surface area contributed by atoms with Crippen LogP contribution in [0, 0.1) is 0 Å². The second-order valence-corrected chi connectivity index (χ2v) is 8.04. The molecule has 36 heavy (non-hydrogen) atoms. The highest BCUT2D eigenvalue weighted by Gasteiger charge is 2.14. The lowest BCUT2D eigenvalue weighted by atomic mass is 10.1. The minimum Gasteiger partial charge on any atom is -0.494 e. The summed E-state index contributed by atoms with van der Waals surface area (Å²) in [5.41, 5.74) is 1.90. The van der Waals surface area contributed by atoms with E-state index in [1.54, 1.807) is 48.5 Å². The van der Waals surface area contributed by atoms with E-state index in [0.29, 0.717) is 54.1 Å². The minimum atomic E-state index is -1.05. The molecule has 8 nitrogen and oxygen atoms in total. The normalized spacial score (nSPS) is 10.4. The fourth-order valence-electron chi connectivity index (χ4n) is 3.42. The number of rotatable bonds is 12. The first-order valence-electron chi connectivity index (χ1n) is 11.7. The van der Waals surface area contributed by atoms with Crippen molar-refractivity contribution in [2.75, 3.05) is 17.2 Å². The van der Waals surface area contributed by atoms with Gasteiger partial charge in [0.25, 0.3) is 5.91 Å². The monoisotopic (exact) mass is 488 g/mol. The highest BCUT2D eigenvalue weighted by atomic mass is 16.5. The molecule has 0 aliphatic heterocycles. The van der Waals surface area contributed by atoms with Gasteiger partial charge in [-0.25, -0.2) is 4.79 Å². The van der Waals surface area contributed by atoms with E-state index >= 15 is 0 Å². The van der Waals surface area contributed by atoms with E-state index in [4.69, 9.17) is 9.84 Å². The van der Waals surface area contributed by atoms with Crippen LogP contribution in [0.2, 0.25) is 0 Å². The van der Waals surface area contributed by atoms with Crippen molar-refractivity contribution in [2.45, 2.75) is 32.6 Å². The summed E-state index contributed by atoms with van der Waals surface area (Å²) in [5.74, 6) is -0.936. The third kappa shape index (κ3) is 7.53. The number of benzene rings is 3. The average Bonchev–Trinajstić information content (AvgIpc) is 2.89. The molecule has 0 aliphatic carbocycles. The lowest BCUT2D eigenvalue weighted by Crippen LogP contribution is -2.18. The van der Waals surface area contributed by atoms with Crippen LogP contribution in [0.4, 0.5) is 11.4 Å². The van der Waals surface area contributed by atoms with Crippen molar-refractivity contribution in [3.8, 4) is 5.75 Å². The first kappa shape index (κ1) is 26.2. The molecule has 3 aromatic carbocycles. The van der Waals surface area contributed by atoms with Crippen LogP contribution in [-0.4, -0.2) is 35.3 Å². The number of aromatic carboxylic acids is 1. The quantitative estimate of drug-likeness (QED) is 0.231. The molecular weight excluding hydrogens is 460 g/mol. The van der Waals surface area contributed by atoms with Gasteiger partial charge in [0, 0.05) is 24.1 Å². The second-order valence-electron chi connectivity index (χ2n) is 8.04. The fraction of sp³-hybridized carbons (Fsp3) is 0.214. The molecule has 3 N–H and O–H groups in total. The van der Waals surface area contributed by atoms with Gasteiger partial charge in [0.15, 0.2) is 5.78 Å². The fourth-order valence-corrected chi connectivity index (χ4v) is 3.42. The maximum Gasteiger partial charge on any atom is 0.335 e. The molecule has 0 fully saturated rings. The highest BCUT2D eigenvalue weighted by Crippen LogP contribution is 2.19. The van der Waals surface area contributed by atoms with E-state index in [1.807, 2.05) is 6.92 Å². The van der Waals surface area contributed by atoms with E-state index in [0.717, 1.165) is 0 Å². The Morgan fingerprint density at radius 1 is 0.806 bits per heavy atom. The number of nitrogens with one attached hydrogen (secondary N) is 2. The molecule has 3 rings (SSSR count). The molecule has 0 saturated carbocycles. The number of para-hydroxylation sites is 1. The zero-order valence-electron chi connectivity index (χ0n) is 20.0. The van der Waals surface area contributed by atoms with Crippen LogP contribution in [0.15, 0.2) is 72.8 Å². The lowest BCUT2D eigenvalue weighted by molar-refractivity contribution is -0.116. The topological polar surface area (TPSA) is 122 Å². The van der Waals surface area contributed by atoms with E-state index in [-0.39, 0.29) is 23.7 Å². The van der Waals surface area contributed by atoms with Gasteiger partial charge in [-0.2, -0.15) is 0 Å². The predicted octanol–water partition coefficient (Wildman–Crippen LogP) is 5.42. The number of Topliss-reactive ketones (excluding diaryl/α,β-unsaturated/α-hetero) is 1. The number of hydrogen-bond acceptors (Lipinski definition) is 5. The van der Waals surface area contributed by atoms with Gasteiger partial charge < -0.3 is 20.5 Å². The van der Waals surface area contributed by atoms with Gasteiger partial charge in [0.2, 0.25) is 5.91 Å². The third-order valence-corrected chi connectivity index (χ3v) is 5.40. The third-order valence-electron chi connectivity index (χ3n) is 5.40. The average molecular weight is 489 g/mol. The number of amides is 2. The summed E-state index contributed by atoms with van der Waals surface area (Å²) in [5, 5.41) is 14.5. The number of unbranched alkanes of at least 4 members (excludes halogenated alkanes) is 1. The van der Waals surface area contributed by atoms with Crippen LogP contribution in [0.3, 0.4) is 0 Å². The van der Waals surface area contributed by atoms with Crippen molar-refractivity contribution in [3.05, 3.63) is 89.5 Å². The Hall–Kier alpha value is -4.46. The van der Waals surface area contributed by atoms with Crippen LogP contribution < -0.4 is 15.4 Å². The van der Waals surface area contributed by atoms with Crippen molar-refractivity contribution in [1.29, 1.82) is 0 Å². The summed E-state index contributed by atoms with van der Waals surface area (Å²) in [6.07, 6.45) is 1.99. The largest absolute Gasteiger partial charge is 0.494 e. The second kappa shape index (κ2) is 12.9. The Kier molecular flexibility index (Phi) is 9.33. The van der Waals surface area contributed by atoms with Crippen molar-refractivity contribution in [1.82, 2.24) is 0 Å². The molecule has 0 spiro atoms. The number of carbonyl (C=O) groups is 4. The number of carboxylic acids is 1. The van der Waals surface area contributed by atoms with E-state index in [9.17, 15) is 19.2 Å². The molecule has 186 valence electrons. The SMILES string of the molecule is CCC(=O)c1ccc(OCCCCC(=O)Nc2ccccc2C(=O)Nc2ccc(C(=O)O)cc2)cc1. The molecule has 2 amide bonds. The summed E-state index contributed by atoms with van der Waals surface area (Å²) < 4.78 is 5.67. The van der Waals surface area contributed by atoms with Crippen LogP contribution in [0.1, 0.15) is 63.7 Å². The zero-order chi connectivity index (χ0) is 25.9. The number of ketones is 1. The molecule has 0 saturated heterocycles. The molecule has 0 aliphatic rings. The summed E-state index contributed by atoms with van der Waals surface area (Å²) >= 11 is 0. The van der Waals surface area contributed by atoms with E-state index in [2.05, 4.69) is 10.6 Å². The van der Waals surface area contributed by atoms with Crippen LogP contribution in [-0.2, 0) is 4.79 Å². The van der Waals surface area contributed by atoms with Crippen molar-refractivity contribution >= 4 is 34.9 Å². The van der Waals surface area contributed by atoms with Crippen LogP contribution in [0.25, 0.3) is 0 Å². The predicted molar refractivity (Wildman–Crippen MR) is 137 cm³/mol. The van der Waals surface area contributed by atoms with E-state index in [1.165, 1.54) is 24.3 Å². The summed E-state index contributed by atoms with van der Waals surface area (Å²) in [6, 6.07) is 19.5. The Balaban J connectivity index is 1.45. The van der Waals surface area contributed by atoms with Crippen molar-refractivity contribution in [3.63, 3.8) is 0 Å². The molecule has 0 heterocycles. The maximum atomic E-state index is 12.7. The first-order valence-corrected chi connectivity index (χ1v) is 11.7. The van der Waals surface area contributed by atoms with Gasteiger partial charge in [-0.05, 0) is 73.5 Å². The highest BCUT2D eigenvalue weighted by molar-refractivity contribution is 6.10. The Labute approximate surface area is 209 Å². The van der Waals surface area contributed by atoms with Crippen molar-refractivity contribution in [2.24, 2.45) is 0 Å². The standard InChI is InChI=1S/C28H28N2O6/c1-2-25(31)19-12-16-22(17-13-19)36-18-6-5-9-26(32)30-24-8-4-3-7-23(24)27(33)29-21-14-10-20(11-15-21)28(34)35/h3-4,7-8,10-17H,2,5-6,9,18H2,1H3,(H,29,33)(H,30,32)(H,34,35). The summed E-state index contributed by atoms with van der Waals surface area (Å²) in [7, 11) is 0. The molecule has 0 unspecified atom stereocenters. The van der Waals surface area contributed by atoms with Gasteiger partial charge in [0.05, 0.1) is 23.4 Å². The minimum absolute atomic E-state index is 0.0843. The van der Waals surface area contributed by atoms with Gasteiger partial charge in [-0.15, -0.1) is 0 Å². The molecule has 3 aromatic rings. The van der Waals surface area contributed by atoms with Crippen molar-refractivity contribution < 1.29 is 29.0 Å². The number of hydrogen-bond donors (Lipinski definition) is 3. The molecule has 0 aromatic heterocycles. The van der Waals surface area contributed by atoms with Crippen LogP contribution >= 0.6 is 0 Å². The zero-order valence-corrected chi connectivity index (χ0v) is 20.0. The lowest BCUT2D eigenvalue weighted by Gasteiger charge is -2.12. The van der Waals surface area contributed by atoms with E-state index < -0.39 is 11.9 Å². The molecule has 0 radical (unpaired) electrons. The smallest absolute Gasteiger partial charge is 0.335 e. The number of anilines is 2. The Morgan fingerprint density at radius 2 is 1.47 bits per heavy atom. The molecule has 8 heteroatoms. The maximum absolute atomic E-state index is 12.7. The summed E-state index contributed by atoms with van der Waals surface area (Å²) in [6.45, 7) is 2.26.